The van der Waals surface area contributed by atoms with Gasteiger partial charge in [-0.25, -0.2) is 4.98 Å². The second kappa shape index (κ2) is 6.98. The molecule has 0 saturated carbocycles. The van der Waals surface area contributed by atoms with Crippen LogP contribution >= 0.6 is 11.3 Å². The van der Waals surface area contributed by atoms with Gasteiger partial charge >= 0.3 is 0 Å². The monoisotopic (exact) mass is 296 g/mol. The molecule has 4 nitrogen and oxygen atoms in total. The van der Waals surface area contributed by atoms with E-state index in [0.717, 1.165) is 19.6 Å². The van der Waals surface area contributed by atoms with Gasteiger partial charge in [0.1, 0.15) is 5.01 Å². The van der Waals surface area contributed by atoms with Crippen LogP contribution in [0.3, 0.4) is 0 Å². The van der Waals surface area contributed by atoms with Crippen LogP contribution in [-0.4, -0.2) is 55.1 Å². The van der Waals surface area contributed by atoms with Crippen molar-refractivity contribution in [3.05, 3.63) is 15.6 Å². The molecule has 0 aromatic carbocycles. The Morgan fingerprint density at radius 2 is 2.15 bits per heavy atom. The fourth-order valence-electron chi connectivity index (χ4n) is 2.91. The molecule has 0 bridgehead atoms. The Morgan fingerprint density at radius 1 is 1.40 bits per heavy atom. The zero-order valence-corrected chi connectivity index (χ0v) is 14.3. The molecule has 1 aromatic heterocycles. The van der Waals surface area contributed by atoms with Crippen molar-refractivity contribution in [3.63, 3.8) is 0 Å². The summed E-state index contributed by atoms with van der Waals surface area (Å²) in [6.45, 7) is 11.0. The molecular weight excluding hydrogens is 268 g/mol. The highest BCUT2D eigenvalue weighted by molar-refractivity contribution is 7.11. The number of aryl methyl sites for hydroxylation is 1. The first-order valence-electron chi connectivity index (χ1n) is 7.62. The van der Waals surface area contributed by atoms with Crippen LogP contribution in [0.4, 0.5) is 0 Å². The van der Waals surface area contributed by atoms with Gasteiger partial charge in [-0.15, -0.1) is 11.3 Å². The van der Waals surface area contributed by atoms with Gasteiger partial charge in [-0.1, -0.05) is 6.92 Å². The minimum atomic E-state index is 0.403. The number of hydrogen-bond donors (Lipinski definition) is 1. The number of thiazole rings is 1. The molecule has 0 spiro atoms. The van der Waals surface area contributed by atoms with Crippen molar-refractivity contribution in [3.8, 4) is 0 Å². The maximum atomic E-state index is 4.87. The molecule has 1 N–H and O–H groups in total. The van der Waals surface area contributed by atoms with E-state index >= 15 is 0 Å². The molecule has 2 unspecified atom stereocenters. The lowest BCUT2D eigenvalue weighted by molar-refractivity contribution is 0.228. The molecule has 20 heavy (non-hydrogen) atoms. The third-order valence-electron chi connectivity index (χ3n) is 4.10. The van der Waals surface area contributed by atoms with Crippen LogP contribution in [0.1, 0.15) is 47.9 Å². The summed E-state index contributed by atoms with van der Waals surface area (Å²) in [7, 11) is 4.45. The standard InChI is InChI=1S/C15H28N4S/c1-6-16-11(2)14-12(3)17-15(20-14)13-10-18(4)8-7-9-19(13)5/h11,13,16H,6-10H2,1-5H3. The third-order valence-corrected chi connectivity index (χ3v) is 5.55. The Balaban J connectivity index is 2.21. The molecule has 114 valence electrons. The molecule has 1 aliphatic rings. The normalized spacial score (nSPS) is 23.8. The Morgan fingerprint density at radius 3 is 2.85 bits per heavy atom. The van der Waals surface area contributed by atoms with Gasteiger partial charge in [-0.2, -0.15) is 0 Å². The number of hydrogen-bond acceptors (Lipinski definition) is 5. The predicted molar refractivity (Wildman–Crippen MR) is 86.4 cm³/mol. The first-order chi connectivity index (χ1) is 9.52. The average molecular weight is 296 g/mol. The molecule has 1 saturated heterocycles. The Labute approximate surface area is 127 Å². The first kappa shape index (κ1) is 15.9. The Hall–Kier alpha value is -0.490. The van der Waals surface area contributed by atoms with Gasteiger partial charge < -0.3 is 10.2 Å². The van der Waals surface area contributed by atoms with Gasteiger partial charge in [0.2, 0.25) is 0 Å². The van der Waals surface area contributed by atoms with Gasteiger partial charge in [0.25, 0.3) is 0 Å². The number of likely N-dealkylation sites (N-methyl/N-ethyl adjacent to an activating group) is 2. The second-order valence-electron chi connectivity index (χ2n) is 5.89. The molecule has 1 aliphatic heterocycles. The van der Waals surface area contributed by atoms with E-state index in [-0.39, 0.29) is 0 Å². The maximum Gasteiger partial charge on any atom is 0.112 e. The molecule has 5 heteroatoms. The number of nitrogens with one attached hydrogen (secondary N) is 1. The second-order valence-corrected chi connectivity index (χ2v) is 6.96. The van der Waals surface area contributed by atoms with Crippen LogP contribution in [0.15, 0.2) is 0 Å². The van der Waals surface area contributed by atoms with Crippen molar-refractivity contribution < 1.29 is 0 Å². The summed E-state index contributed by atoms with van der Waals surface area (Å²) < 4.78 is 0. The smallest absolute Gasteiger partial charge is 0.112 e. The van der Waals surface area contributed by atoms with E-state index in [2.05, 4.69) is 50.0 Å². The zero-order valence-electron chi connectivity index (χ0n) is 13.4. The minimum Gasteiger partial charge on any atom is -0.310 e. The third kappa shape index (κ3) is 3.58. The fourth-order valence-corrected chi connectivity index (χ4v) is 4.16. The van der Waals surface area contributed by atoms with Crippen molar-refractivity contribution in [2.75, 3.05) is 40.3 Å². The van der Waals surface area contributed by atoms with Gasteiger partial charge in [0, 0.05) is 17.5 Å². The molecular formula is C15H28N4S. The maximum absolute atomic E-state index is 4.87. The molecule has 1 aromatic rings. The summed E-state index contributed by atoms with van der Waals surface area (Å²) in [5.41, 5.74) is 1.19. The summed E-state index contributed by atoms with van der Waals surface area (Å²) in [5, 5.41) is 4.77. The number of rotatable bonds is 4. The lowest BCUT2D eigenvalue weighted by Gasteiger charge is -2.25. The van der Waals surface area contributed by atoms with E-state index < -0.39 is 0 Å². The van der Waals surface area contributed by atoms with Crippen LogP contribution in [0.25, 0.3) is 0 Å². The molecule has 2 heterocycles. The van der Waals surface area contributed by atoms with Crippen molar-refractivity contribution in [2.45, 2.75) is 39.3 Å². The highest BCUT2D eigenvalue weighted by Gasteiger charge is 2.26. The summed E-state index contributed by atoms with van der Waals surface area (Å²) in [5.74, 6) is 0. The SMILES string of the molecule is CCNC(C)c1sc(C2CN(C)CCCN2C)nc1C. The minimum absolute atomic E-state index is 0.403. The van der Waals surface area contributed by atoms with E-state index in [4.69, 9.17) is 4.98 Å². The van der Waals surface area contributed by atoms with Crippen molar-refractivity contribution >= 4 is 11.3 Å². The van der Waals surface area contributed by atoms with Crippen molar-refractivity contribution in [1.82, 2.24) is 20.1 Å². The van der Waals surface area contributed by atoms with Crippen LogP contribution in [-0.2, 0) is 0 Å². The molecule has 0 amide bonds. The molecule has 2 rings (SSSR count). The van der Waals surface area contributed by atoms with E-state index in [1.54, 1.807) is 0 Å². The highest BCUT2D eigenvalue weighted by Crippen LogP contribution is 2.32. The molecule has 1 fully saturated rings. The number of aromatic nitrogens is 1. The summed E-state index contributed by atoms with van der Waals surface area (Å²) >= 11 is 1.89. The van der Waals surface area contributed by atoms with E-state index in [1.165, 1.54) is 28.5 Å². The molecule has 0 radical (unpaired) electrons. The van der Waals surface area contributed by atoms with Crippen molar-refractivity contribution in [2.24, 2.45) is 0 Å². The lowest BCUT2D eigenvalue weighted by Crippen LogP contribution is -2.30. The summed E-state index contributed by atoms with van der Waals surface area (Å²) in [4.78, 5) is 11.2. The quantitative estimate of drug-likeness (QED) is 0.925. The van der Waals surface area contributed by atoms with Crippen LogP contribution in [0, 0.1) is 6.92 Å². The number of nitrogens with zero attached hydrogens (tertiary/aromatic N) is 3. The Bertz CT molecular complexity index is 432. The van der Waals surface area contributed by atoms with Crippen LogP contribution < -0.4 is 5.32 Å². The van der Waals surface area contributed by atoms with Crippen molar-refractivity contribution in [1.29, 1.82) is 0 Å². The molecule has 2 atom stereocenters. The van der Waals surface area contributed by atoms with Crippen LogP contribution in [0.2, 0.25) is 0 Å². The fraction of sp³-hybridized carbons (Fsp3) is 0.800. The van der Waals surface area contributed by atoms with E-state index in [9.17, 15) is 0 Å². The predicted octanol–water partition coefficient (Wildman–Crippen LogP) is 2.43. The van der Waals surface area contributed by atoms with Gasteiger partial charge in [-0.3, -0.25) is 4.90 Å². The summed E-state index contributed by atoms with van der Waals surface area (Å²) in [6, 6.07) is 0.842. The zero-order chi connectivity index (χ0) is 14.7. The van der Waals surface area contributed by atoms with E-state index in [0.29, 0.717) is 12.1 Å². The average Bonchev–Trinajstić information content (AvgIpc) is 2.69. The summed E-state index contributed by atoms with van der Waals surface area (Å²) in [6.07, 6.45) is 1.24. The largest absolute Gasteiger partial charge is 0.310 e. The van der Waals surface area contributed by atoms with Crippen LogP contribution in [0.5, 0.6) is 0 Å². The van der Waals surface area contributed by atoms with E-state index in [1.807, 2.05) is 11.3 Å². The molecule has 0 aliphatic carbocycles. The van der Waals surface area contributed by atoms with Gasteiger partial charge in [0.15, 0.2) is 0 Å². The Kier molecular flexibility index (Phi) is 5.55. The topological polar surface area (TPSA) is 31.4 Å². The van der Waals surface area contributed by atoms with Gasteiger partial charge in [-0.05, 0) is 54.0 Å². The lowest BCUT2D eigenvalue weighted by atomic mass is 10.2. The highest BCUT2D eigenvalue weighted by atomic mass is 32.1. The van der Waals surface area contributed by atoms with Gasteiger partial charge in [0.05, 0.1) is 11.7 Å². The first-order valence-corrected chi connectivity index (χ1v) is 8.44.